The van der Waals surface area contributed by atoms with E-state index in [-0.39, 0.29) is 34.5 Å². The van der Waals surface area contributed by atoms with Gasteiger partial charge >= 0.3 is 6.03 Å². The molecule has 10 heteroatoms. The fourth-order valence-electron chi connectivity index (χ4n) is 2.49. The second kappa shape index (κ2) is 9.50. The van der Waals surface area contributed by atoms with Gasteiger partial charge in [-0.3, -0.25) is 5.32 Å². The Morgan fingerprint density at radius 2 is 2.14 bits per heavy atom. The highest BCUT2D eigenvalue weighted by Crippen LogP contribution is 2.23. The second-order valence-corrected chi connectivity index (χ2v) is 8.01. The van der Waals surface area contributed by atoms with Crippen molar-refractivity contribution in [2.75, 3.05) is 19.0 Å². The number of carbonyl (C=O) groups excluding carboxylic acids is 1. The number of nitrogens with one attached hydrogen (secondary N) is 2. The summed E-state index contributed by atoms with van der Waals surface area (Å²) in [5.74, 6) is 0.0458. The van der Waals surface area contributed by atoms with E-state index in [1.807, 2.05) is 6.07 Å². The number of ether oxygens (including phenoxy) is 1. The fourth-order valence-corrected chi connectivity index (χ4v) is 4.52. The lowest BCUT2D eigenvalue weighted by molar-refractivity contribution is 0.184. The first-order valence-electron chi connectivity index (χ1n) is 8.30. The summed E-state index contributed by atoms with van der Waals surface area (Å²) in [4.78, 5) is 16.9. The molecule has 0 aliphatic carbocycles. The number of anilines is 1. The van der Waals surface area contributed by atoms with Gasteiger partial charge in [-0.25, -0.2) is 23.1 Å². The standard InChI is InChI=1S/C18H20ClN5O3S/c1-4-21-28(26,16-8-6-5-7-15(16)19)24-18(25)23-17-14(10-20)13(11-27-3)9-12(2)22-17/h5-9H,4,11H2,1-3H3,(H2,21,22,23,24,25,26). The summed E-state index contributed by atoms with van der Waals surface area (Å²) in [6, 6.07) is 9.32. The summed E-state index contributed by atoms with van der Waals surface area (Å²) in [7, 11) is -1.82. The van der Waals surface area contributed by atoms with E-state index in [1.54, 1.807) is 38.1 Å². The molecule has 1 aromatic carbocycles. The molecule has 0 aliphatic rings. The normalized spacial score (nSPS) is 12.5. The number of hydrogen-bond donors (Lipinski definition) is 2. The third kappa shape index (κ3) is 4.98. The van der Waals surface area contributed by atoms with E-state index in [9.17, 15) is 14.3 Å². The average molecular weight is 422 g/mol. The molecule has 0 radical (unpaired) electrons. The third-order valence-corrected chi connectivity index (χ3v) is 6.03. The van der Waals surface area contributed by atoms with Gasteiger partial charge in [0.1, 0.15) is 11.6 Å². The summed E-state index contributed by atoms with van der Waals surface area (Å²) in [6.45, 7) is 3.81. The summed E-state index contributed by atoms with van der Waals surface area (Å²) in [6.07, 6.45) is 0. The lowest BCUT2D eigenvalue weighted by Gasteiger charge is -2.15. The van der Waals surface area contributed by atoms with Crippen LogP contribution in [-0.2, 0) is 21.3 Å². The van der Waals surface area contributed by atoms with Gasteiger partial charge in [-0.2, -0.15) is 5.26 Å². The number of nitriles is 1. The molecular weight excluding hydrogens is 402 g/mol. The highest BCUT2D eigenvalue weighted by Gasteiger charge is 2.20. The van der Waals surface area contributed by atoms with Crippen LogP contribution in [0.1, 0.15) is 23.7 Å². The van der Waals surface area contributed by atoms with E-state index in [0.717, 1.165) is 0 Å². The number of aryl methyl sites for hydroxylation is 1. The van der Waals surface area contributed by atoms with E-state index >= 15 is 0 Å². The number of nitrogens with zero attached hydrogens (tertiary/aromatic N) is 3. The molecule has 148 valence electrons. The number of amides is 2. The Balaban J connectivity index is 2.38. The molecule has 2 N–H and O–H groups in total. The highest BCUT2D eigenvalue weighted by molar-refractivity contribution is 7.92. The minimum absolute atomic E-state index is 0.0458. The van der Waals surface area contributed by atoms with E-state index in [2.05, 4.69) is 19.4 Å². The van der Waals surface area contributed by atoms with Gasteiger partial charge in [0.25, 0.3) is 0 Å². The molecule has 8 nitrogen and oxygen atoms in total. The number of halogens is 1. The van der Waals surface area contributed by atoms with Crippen LogP contribution in [0.2, 0.25) is 5.02 Å². The first-order valence-corrected chi connectivity index (χ1v) is 10.2. The minimum Gasteiger partial charge on any atom is -0.380 e. The average Bonchev–Trinajstić information content (AvgIpc) is 2.62. The molecule has 28 heavy (non-hydrogen) atoms. The number of benzene rings is 1. The SMILES string of the molecule is CCN=S(=O)(NC(=O)Nc1nc(C)cc(COC)c1C#N)c1ccccc1Cl. The molecule has 0 aliphatic heterocycles. The molecule has 0 saturated carbocycles. The summed E-state index contributed by atoms with van der Waals surface area (Å²) < 4.78 is 24.8. The van der Waals surface area contributed by atoms with Gasteiger partial charge in [0, 0.05) is 24.9 Å². The summed E-state index contributed by atoms with van der Waals surface area (Å²) in [5, 5.41) is 12.2. The van der Waals surface area contributed by atoms with E-state index in [1.165, 1.54) is 13.2 Å². The zero-order valence-corrected chi connectivity index (χ0v) is 17.2. The van der Waals surface area contributed by atoms with Crippen LogP contribution >= 0.6 is 11.6 Å². The predicted molar refractivity (Wildman–Crippen MR) is 107 cm³/mol. The maximum Gasteiger partial charge on any atom is 0.333 e. The molecule has 2 rings (SSSR count). The number of rotatable bonds is 6. The summed E-state index contributed by atoms with van der Waals surface area (Å²) >= 11 is 6.13. The van der Waals surface area contributed by atoms with Gasteiger partial charge in [0.15, 0.2) is 15.7 Å². The molecule has 1 aromatic heterocycles. The number of carbonyl (C=O) groups is 1. The largest absolute Gasteiger partial charge is 0.380 e. The molecule has 2 amide bonds. The number of urea groups is 1. The first-order chi connectivity index (χ1) is 13.3. The molecular formula is C18H20ClN5O3S. The minimum atomic E-state index is -3.32. The van der Waals surface area contributed by atoms with Gasteiger partial charge in [0.2, 0.25) is 0 Å². The van der Waals surface area contributed by atoms with E-state index < -0.39 is 15.9 Å². The van der Waals surface area contributed by atoms with Crippen molar-refractivity contribution >= 4 is 33.4 Å². The van der Waals surface area contributed by atoms with Gasteiger partial charge < -0.3 is 4.74 Å². The van der Waals surface area contributed by atoms with Gasteiger partial charge in [-0.05, 0) is 32.0 Å². The smallest absolute Gasteiger partial charge is 0.333 e. The zero-order valence-electron chi connectivity index (χ0n) is 15.7. The molecule has 2 aromatic rings. The van der Waals surface area contributed by atoms with Crippen molar-refractivity contribution in [3.63, 3.8) is 0 Å². The Bertz CT molecular complexity index is 1040. The molecule has 0 fully saturated rings. The fraction of sp³-hybridized carbons (Fsp3) is 0.278. The predicted octanol–water partition coefficient (Wildman–Crippen LogP) is 3.65. The lowest BCUT2D eigenvalue weighted by Crippen LogP contribution is -2.35. The number of methoxy groups -OCH3 is 1. The van der Waals surface area contributed by atoms with Crippen molar-refractivity contribution in [2.24, 2.45) is 4.36 Å². The Hall–Kier alpha value is -2.67. The van der Waals surface area contributed by atoms with E-state index in [0.29, 0.717) is 11.3 Å². The van der Waals surface area contributed by atoms with Crippen LogP contribution in [-0.4, -0.2) is 28.9 Å². The van der Waals surface area contributed by atoms with Crippen molar-refractivity contribution in [3.05, 3.63) is 52.2 Å². The Kier molecular flexibility index (Phi) is 7.34. The Morgan fingerprint density at radius 3 is 2.75 bits per heavy atom. The lowest BCUT2D eigenvalue weighted by atomic mass is 10.1. The van der Waals surface area contributed by atoms with Crippen molar-refractivity contribution in [3.8, 4) is 6.07 Å². The van der Waals surface area contributed by atoms with Crippen LogP contribution in [0.25, 0.3) is 0 Å². The second-order valence-electron chi connectivity index (χ2n) is 5.65. The zero-order chi connectivity index (χ0) is 20.7. The number of aromatic nitrogens is 1. The van der Waals surface area contributed by atoms with Crippen LogP contribution in [0, 0.1) is 18.3 Å². The third-order valence-electron chi connectivity index (χ3n) is 3.55. The van der Waals surface area contributed by atoms with Gasteiger partial charge in [-0.1, -0.05) is 23.7 Å². The molecule has 0 spiro atoms. The van der Waals surface area contributed by atoms with Crippen molar-refractivity contribution < 1.29 is 13.7 Å². The van der Waals surface area contributed by atoms with Gasteiger partial charge in [-0.15, -0.1) is 0 Å². The molecule has 1 unspecified atom stereocenters. The van der Waals surface area contributed by atoms with Crippen molar-refractivity contribution in [1.29, 1.82) is 5.26 Å². The Labute approximate surface area is 169 Å². The Morgan fingerprint density at radius 1 is 1.43 bits per heavy atom. The monoisotopic (exact) mass is 421 g/mol. The van der Waals surface area contributed by atoms with Gasteiger partial charge in [0.05, 0.1) is 16.5 Å². The maximum atomic E-state index is 13.3. The summed E-state index contributed by atoms with van der Waals surface area (Å²) in [5.41, 5.74) is 1.34. The molecule has 0 bridgehead atoms. The van der Waals surface area contributed by atoms with Crippen LogP contribution < -0.4 is 10.0 Å². The molecule has 1 heterocycles. The van der Waals surface area contributed by atoms with Crippen LogP contribution in [0.4, 0.5) is 10.6 Å². The molecule has 1 atom stereocenters. The van der Waals surface area contributed by atoms with Crippen LogP contribution in [0.5, 0.6) is 0 Å². The number of pyridine rings is 1. The highest BCUT2D eigenvalue weighted by atomic mass is 35.5. The maximum absolute atomic E-state index is 13.3. The van der Waals surface area contributed by atoms with E-state index in [4.69, 9.17) is 16.3 Å². The van der Waals surface area contributed by atoms with Crippen molar-refractivity contribution in [2.45, 2.75) is 25.3 Å². The topological polar surface area (TPSA) is 116 Å². The quantitative estimate of drug-likeness (QED) is 0.738. The van der Waals surface area contributed by atoms with Crippen LogP contribution in [0.15, 0.2) is 39.6 Å². The molecule has 0 saturated heterocycles. The first kappa shape index (κ1) is 21.6. The van der Waals surface area contributed by atoms with Crippen molar-refractivity contribution in [1.82, 2.24) is 9.71 Å². The number of hydrogen-bond acceptors (Lipinski definition) is 6. The van der Waals surface area contributed by atoms with Crippen LogP contribution in [0.3, 0.4) is 0 Å².